The van der Waals surface area contributed by atoms with Crippen LogP contribution in [0.2, 0.25) is 0 Å². The number of nitrogens with zero attached hydrogens (tertiary/aromatic N) is 3. The summed E-state index contributed by atoms with van der Waals surface area (Å²) in [5, 5.41) is 0. The zero-order valence-electron chi connectivity index (χ0n) is 21.1. The molecular weight excluding hydrogens is 515 g/mol. The second-order valence-electron chi connectivity index (χ2n) is 8.40. The summed E-state index contributed by atoms with van der Waals surface area (Å²) in [6.07, 6.45) is -0.340. The number of hydrogen-bond donors (Lipinski definition) is 2. The number of carbonyl (C=O) groups is 3. The number of imidazole rings is 1. The number of esters is 1. The van der Waals surface area contributed by atoms with Crippen LogP contribution in [0.3, 0.4) is 0 Å². The highest BCUT2D eigenvalue weighted by Gasteiger charge is 2.40. The second-order valence-corrected chi connectivity index (χ2v) is 8.40. The van der Waals surface area contributed by atoms with E-state index in [1.54, 1.807) is 37.6 Å². The number of rotatable bonds is 7. The van der Waals surface area contributed by atoms with Crippen molar-refractivity contribution in [3.05, 3.63) is 84.2 Å². The van der Waals surface area contributed by atoms with E-state index in [1.807, 2.05) is 42.5 Å². The molecular formula is C27H26F3N5O4. The zero-order chi connectivity index (χ0) is 28.6. The molecule has 0 radical (unpaired) electrons. The molecule has 0 aliphatic heterocycles. The maximum atomic E-state index is 13.1. The number of halogens is 3. The summed E-state index contributed by atoms with van der Waals surface area (Å²) in [5.74, 6) is -2.25. The number of carbonyl (C=O) groups excluding carboxylic acids is 3. The van der Waals surface area contributed by atoms with Crippen LogP contribution in [0.1, 0.15) is 22.3 Å². The SMILES string of the molecule is CN(C(=O)c1ccc2nc(-c3ccncc3)[nH]c2c1)[C@@H](CCc1ccccc1)C(N)=O.COC(=O)C(F)(F)F. The quantitative estimate of drug-likeness (QED) is 0.341. The van der Waals surface area contributed by atoms with Crippen LogP contribution < -0.4 is 5.73 Å². The Morgan fingerprint density at radius 2 is 1.72 bits per heavy atom. The van der Waals surface area contributed by atoms with Crippen LogP contribution >= 0.6 is 0 Å². The fourth-order valence-corrected chi connectivity index (χ4v) is 3.72. The van der Waals surface area contributed by atoms with Crippen molar-refractivity contribution in [2.75, 3.05) is 14.2 Å². The average Bonchev–Trinajstić information content (AvgIpc) is 3.36. The molecule has 0 aliphatic carbocycles. The Bertz CT molecular complexity index is 1430. The van der Waals surface area contributed by atoms with E-state index < -0.39 is 24.1 Å². The molecule has 39 heavy (non-hydrogen) atoms. The summed E-state index contributed by atoms with van der Waals surface area (Å²) in [7, 11) is 2.29. The van der Waals surface area contributed by atoms with E-state index in [1.165, 1.54) is 4.90 Å². The number of amides is 2. The van der Waals surface area contributed by atoms with E-state index in [0.29, 0.717) is 31.3 Å². The second kappa shape index (κ2) is 12.7. The summed E-state index contributed by atoms with van der Waals surface area (Å²) in [6.45, 7) is 0. The van der Waals surface area contributed by atoms with Crippen LogP contribution in [0.25, 0.3) is 22.4 Å². The fraction of sp³-hybridized carbons (Fsp3) is 0.222. The Hall–Kier alpha value is -4.74. The lowest BCUT2D eigenvalue weighted by molar-refractivity contribution is -0.196. The number of methoxy groups -OCH3 is 1. The van der Waals surface area contributed by atoms with Gasteiger partial charge in [0.05, 0.1) is 18.1 Å². The van der Waals surface area contributed by atoms with Crippen molar-refractivity contribution in [2.45, 2.75) is 25.1 Å². The molecule has 204 valence electrons. The number of aryl methyl sites for hydroxylation is 1. The van der Waals surface area contributed by atoms with Crippen molar-refractivity contribution in [1.82, 2.24) is 19.9 Å². The summed E-state index contributed by atoms with van der Waals surface area (Å²) in [6, 6.07) is 18.1. The number of ether oxygens (including phenoxy) is 1. The maximum absolute atomic E-state index is 13.1. The van der Waals surface area contributed by atoms with E-state index in [4.69, 9.17) is 5.73 Å². The van der Waals surface area contributed by atoms with Gasteiger partial charge in [0.1, 0.15) is 11.9 Å². The van der Waals surface area contributed by atoms with E-state index in [0.717, 1.165) is 22.2 Å². The molecule has 9 nitrogen and oxygen atoms in total. The number of aromatic nitrogens is 3. The number of aromatic amines is 1. The zero-order valence-corrected chi connectivity index (χ0v) is 21.1. The van der Waals surface area contributed by atoms with Crippen molar-refractivity contribution in [1.29, 1.82) is 0 Å². The normalized spacial score (nSPS) is 11.7. The number of primary amides is 1. The Morgan fingerprint density at radius 1 is 1.05 bits per heavy atom. The average molecular weight is 542 g/mol. The highest BCUT2D eigenvalue weighted by molar-refractivity contribution is 5.99. The molecule has 0 aliphatic rings. The van der Waals surface area contributed by atoms with Gasteiger partial charge >= 0.3 is 12.1 Å². The van der Waals surface area contributed by atoms with Crippen LogP contribution in [0.4, 0.5) is 13.2 Å². The first-order valence-corrected chi connectivity index (χ1v) is 11.7. The third kappa shape index (κ3) is 7.63. The van der Waals surface area contributed by atoms with Crippen LogP contribution in [0.15, 0.2) is 73.1 Å². The molecule has 0 saturated carbocycles. The van der Waals surface area contributed by atoms with Crippen molar-refractivity contribution < 1.29 is 32.3 Å². The fourth-order valence-electron chi connectivity index (χ4n) is 3.72. The molecule has 3 N–H and O–H groups in total. The number of fused-ring (bicyclic) bond motifs is 1. The van der Waals surface area contributed by atoms with Gasteiger partial charge in [0.25, 0.3) is 5.91 Å². The lowest BCUT2D eigenvalue weighted by Gasteiger charge is -2.26. The Balaban J connectivity index is 0.000000459. The van der Waals surface area contributed by atoms with Crippen molar-refractivity contribution in [3.8, 4) is 11.4 Å². The number of hydrogen-bond acceptors (Lipinski definition) is 6. The third-order valence-corrected chi connectivity index (χ3v) is 5.76. The molecule has 0 unspecified atom stereocenters. The number of H-pyrrole nitrogens is 1. The molecule has 0 fully saturated rings. The number of nitrogens with two attached hydrogens (primary N) is 1. The topological polar surface area (TPSA) is 131 Å². The lowest BCUT2D eigenvalue weighted by Crippen LogP contribution is -2.46. The van der Waals surface area contributed by atoms with Crippen LogP contribution in [-0.4, -0.2) is 64.0 Å². The first-order chi connectivity index (χ1) is 18.5. The number of likely N-dealkylation sites (N-methyl/N-ethyl adjacent to an activating group) is 1. The summed E-state index contributed by atoms with van der Waals surface area (Å²) in [5.41, 5.74) is 9.58. The van der Waals surface area contributed by atoms with Gasteiger partial charge in [0.15, 0.2) is 0 Å². The highest BCUT2D eigenvalue weighted by Crippen LogP contribution is 2.22. The minimum atomic E-state index is -4.85. The molecule has 2 aromatic carbocycles. The Morgan fingerprint density at radius 3 is 2.28 bits per heavy atom. The van der Waals surface area contributed by atoms with Crippen LogP contribution in [0, 0.1) is 0 Å². The minimum absolute atomic E-state index is 0.265. The van der Waals surface area contributed by atoms with Gasteiger partial charge < -0.3 is 20.4 Å². The van der Waals surface area contributed by atoms with Gasteiger partial charge in [0, 0.05) is 30.6 Å². The van der Waals surface area contributed by atoms with Crippen molar-refractivity contribution >= 4 is 28.8 Å². The summed E-state index contributed by atoms with van der Waals surface area (Å²) in [4.78, 5) is 47.9. The predicted octanol–water partition coefficient (Wildman–Crippen LogP) is 3.91. The van der Waals surface area contributed by atoms with Gasteiger partial charge in [-0.2, -0.15) is 13.2 Å². The first-order valence-electron chi connectivity index (χ1n) is 11.7. The van der Waals surface area contributed by atoms with E-state index in [2.05, 4.69) is 19.7 Å². The van der Waals surface area contributed by atoms with E-state index in [9.17, 15) is 27.6 Å². The number of pyridine rings is 1. The molecule has 0 bridgehead atoms. The molecule has 2 heterocycles. The molecule has 0 saturated heterocycles. The van der Waals surface area contributed by atoms with Gasteiger partial charge in [0.2, 0.25) is 5.91 Å². The molecule has 4 rings (SSSR count). The smallest absolute Gasteiger partial charge is 0.462 e. The van der Waals surface area contributed by atoms with E-state index >= 15 is 0 Å². The summed E-state index contributed by atoms with van der Waals surface area (Å²) < 4.78 is 36.3. The molecule has 4 aromatic rings. The monoisotopic (exact) mass is 541 g/mol. The van der Waals surface area contributed by atoms with Crippen LogP contribution in [-0.2, 0) is 20.7 Å². The van der Waals surface area contributed by atoms with E-state index in [-0.39, 0.29) is 5.91 Å². The molecule has 1 atom stereocenters. The summed E-state index contributed by atoms with van der Waals surface area (Å²) >= 11 is 0. The largest absolute Gasteiger partial charge is 0.490 e. The Kier molecular flexibility index (Phi) is 9.37. The molecule has 12 heteroatoms. The van der Waals surface area contributed by atoms with Gasteiger partial charge in [-0.15, -0.1) is 0 Å². The first kappa shape index (κ1) is 28.8. The number of benzene rings is 2. The molecule has 0 spiro atoms. The standard InChI is InChI=1S/C24H23N5O2.C3H3F3O2/c1-29(21(22(25)30)10-7-16-5-3-2-4-6-16)24(31)18-8-9-19-20(15-18)28-23(27-19)17-11-13-26-14-12-17;1-8-2(7)3(4,5)6/h2-6,8-9,11-15,21H,7,10H2,1H3,(H2,25,30)(H,27,28);1H3/t21-;/m0./s1. The van der Waals surface area contributed by atoms with Gasteiger partial charge in [-0.3, -0.25) is 14.6 Å². The molecule has 2 aromatic heterocycles. The third-order valence-electron chi connectivity index (χ3n) is 5.76. The van der Waals surface area contributed by atoms with Crippen molar-refractivity contribution in [3.63, 3.8) is 0 Å². The van der Waals surface area contributed by atoms with Crippen LogP contribution in [0.5, 0.6) is 0 Å². The lowest BCUT2D eigenvalue weighted by atomic mass is 10.0. The van der Waals surface area contributed by atoms with Gasteiger partial charge in [-0.05, 0) is 48.7 Å². The van der Waals surface area contributed by atoms with Gasteiger partial charge in [-0.1, -0.05) is 30.3 Å². The molecule has 2 amide bonds. The number of alkyl halides is 3. The highest BCUT2D eigenvalue weighted by atomic mass is 19.4. The Labute approximate surface area is 221 Å². The van der Waals surface area contributed by atoms with Gasteiger partial charge in [-0.25, -0.2) is 9.78 Å². The predicted molar refractivity (Wildman–Crippen MR) is 137 cm³/mol. The minimum Gasteiger partial charge on any atom is -0.462 e. The maximum Gasteiger partial charge on any atom is 0.490 e. The van der Waals surface area contributed by atoms with Crippen molar-refractivity contribution in [2.24, 2.45) is 5.73 Å². The number of nitrogens with one attached hydrogen (secondary N) is 1.